The zero-order valence-electron chi connectivity index (χ0n) is 37.0. The standard InChI is InChI=1S/C54H49N4O.Pt/c1-52(2,3)40-27-28-55-51(34-40)58-49-24-15-14-23-47(49)48-26-25-46(36-50(48)58)59-45-22-16-21-43(35-45)56-29-30-57(37-56)44-32-41(53(4,5)38-17-10-8-11-18-38)31-42(33-44)54(6,7)39-19-12-9-13-20-39;/h8-34,37H,1-7H3;/q-3;/i29D,30D;. The Morgan fingerprint density at radius 2 is 1.18 bits per heavy atom. The van der Waals surface area contributed by atoms with Gasteiger partial charge in [-0.05, 0) is 81.3 Å². The minimum Gasteiger partial charge on any atom is -0.509 e. The van der Waals surface area contributed by atoms with Gasteiger partial charge >= 0.3 is 0 Å². The van der Waals surface area contributed by atoms with Gasteiger partial charge < -0.3 is 19.1 Å². The van der Waals surface area contributed by atoms with Gasteiger partial charge in [0.2, 0.25) is 0 Å². The van der Waals surface area contributed by atoms with Crippen LogP contribution in [0.4, 0.5) is 11.4 Å². The second-order valence-corrected chi connectivity index (χ2v) is 17.4. The van der Waals surface area contributed by atoms with E-state index in [0.29, 0.717) is 17.2 Å². The van der Waals surface area contributed by atoms with Crippen LogP contribution in [0.5, 0.6) is 11.5 Å². The number of hydrogen-bond donors (Lipinski definition) is 0. The van der Waals surface area contributed by atoms with E-state index in [9.17, 15) is 2.74 Å². The molecule has 6 heteroatoms. The van der Waals surface area contributed by atoms with Crippen molar-refractivity contribution in [1.82, 2.24) is 9.55 Å². The van der Waals surface area contributed by atoms with Crippen LogP contribution in [0.1, 0.15) is 79.0 Å². The molecule has 0 saturated carbocycles. The van der Waals surface area contributed by atoms with Crippen LogP contribution < -0.4 is 14.5 Å². The van der Waals surface area contributed by atoms with Crippen molar-refractivity contribution in [3.8, 4) is 17.3 Å². The maximum atomic E-state index is 9.28. The van der Waals surface area contributed by atoms with Gasteiger partial charge in [0.1, 0.15) is 5.82 Å². The molecule has 1 aliphatic heterocycles. The van der Waals surface area contributed by atoms with Gasteiger partial charge in [0.05, 0.1) is 2.74 Å². The van der Waals surface area contributed by atoms with E-state index in [1.807, 2.05) is 55.3 Å². The second kappa shape index (κ2) is 15.9. The number of anilines is 2. The van der Waals surface area contributed by atoms with E-state index in [1.165, 1.54) is 16.7 Å². The first-order chi connectivity index (χ1) is 29.2. The van der Waals surface area contributed by atoms with E-state index in [0.717, 1.165) is 44.4 Å². The number of ether oxygens (including phenoxy) is 1. The van der Waals surface area contributed by atoms with Crippen molar-refractivity contribution in [3.63, 3.8) is 0 Å². The van der Waals surface area contributed by atoms with Crippen molar-refractivity contribution in [2.75, 3.05) is 9.80 Å². The summed E-state index contributed by atoms with van der Waals surface area (Å²) in [5.74, 6) is 1.81. The predicted molar refractivity (Wildman–Crippen MR) is 243 cm³/mol. The fourth-order valence-electron chi connectivity index (χ4n) is 7.98. The Hall–Kier alpha value is -5.90. The Bertz CT molecular complexity index is 2880. The molecule has 0 aliphatic carbocycles. The number of rotatable bonds is 9. The first-order valence-corrected chi connectivity index (χ1v) is 20.2. The van der Waals surface area contributed by atoms with Crippen LogP contribution in [0.15, 0.2) is 164 Å². The first-order valence-electron chi connectivity index (χ1n) is 21.2. The summed E-state index contributed by atoms with van der Waals surface area (Å²) >= 11 is 0. The summed E-state index contributed by atoms with van der Waals surface area (Å²) in [5.41, 5.74) is 8.40. The van der Waals surface area contributed by atoms with Gasteiger partial charge in [-0.3, -0.25) is 0 Å². The molecule has 60 heavy (non-hydrogen) atoms. The Morgan fingerprint density at radius 1 is 0.567 bits per heavy atom. The average molecular weight is 967 g/mol. The van der Waals surface area contributed by atoms with Crippen molar-refractivity contribution in [2.45, 2.75) is 64.7 Å². The van der Waals surface area contributed by atoms with Gasteiger partial charge in [-0.15, -0.1) is 48.1 Å². The van der Waals surface area contributed by atoms with E-state index in [2.05, 4.69) is 168 Å². The van der Waals surface area contributed by atoms with Crippen molar-refractivity contribution in [2.24, 2.45) is 0 Å². The van der Waals surface area contributed by atoms with Crippen LogP contribution in [0, 0.1) is 18.8 Å². The summed E-state index contributed by atoms with van der Waals surface area (Å²) in [6, 6.07) is 56.8. The third-order valence-corrected chi connectivity index (χ3v) is 11.8. The topological polar surface area (TPSA) is 33.5 Å². The fourth-order valence-corrected chi connectivity index (χ4v) is 7.98. The second-order valence-electron chi connectivity index (χ2n) is 17.4. The van der Waals surface area contributed by atoms with E-state index in [1.54, 1.807) is 9.80 Å². The molecule has 8 aromatic rings. The molecule has 0 fully saturated rings. The van der Waals surface area contributed by atoms with Crippen LogP contribution in [0.2, 0.25) is 0 Å². The largest absolute Gasteiger partial charge is 0.509 e. The van der Waals surface area contributed by atoms with Crippen LogP contribution in [-0.4, -0.2) is 9.55 Å². The summed E-state index contributed by atoms with van der Waals surface area (Å²) in [6.45, 7) is 17.4. The van der Waals surface area contributed by atoms with Crippen LogP contribution >= 0.6 is 0 Å². The molecule has 0 amide bonds. The summed E-state index contributed by atoms with van der Waals surface area (Å²) in [6.07, 6.45) is 1.97. The third-order valence-electron chi connectivity index (χ3n) is 11.8. The van der Waals surface area contributed by atoms with Crippen LogP contribution in [-0.2, 0) is 37.3 Å². The van der Waals surface area contributed by atoms with Gasteiger partial charge in [-0.25, -0.2) is 4.98 Å². The molecule has 2 aromatic heterocycles. The first kappa shape index (κ1) is 38.3. The molecule has 6 aromatic carbocycles. The minimum atomic E-state index is -0.339. The molecule has 0 N–H and O–H groups in total. The summed E-state index contributed by atoms with van der Waals surface area (Å²) in [4.78, 5) is 8.29. The molecule has 304 valence electrons. The normalized spacial score (nSPS) is 14.1. The van der Waals surface area contributed by atoms with E-state index in [4.69, 9.17) is 9.72 Å². The van der Waals surface area contributed by atoms with Gasteiger partial charge in [-0.2, -0.15) is 12.1 Å². The summed E-state index contributed by atoms with van der Waals surface area (Å²) in [5, 5.41) is 2.16. The van der Waals surface area contributed by atoms with Gasteiger partial charge in [0.15, 0.2) is 0 Å². The number of nitrogens with zero attached hydrogens (tertiary/aromatic N) is 4. The zero-order valence-corrected chi connectivity index (χ0v) is 37.3. The smallest absolute Gasteiger partial charge is 0.135 e. The Labute approximate surface area is 372 Å². The SMILES string of the molecule is [2H]C1=C([2H])N(c2cc(C(C)(C)c3ccccc3)cc(C(C)(C)c3ccccc3)c2)[CH-]N1c1[c-]c(Oc2[c-]c3c(cc2)c2ccccc2n3-c2cc(C(C)(C)C)ccn2)ccc1.[Pt]. The molecule has 3 heterocycles. The van der Waals surface area contributed by atoms with Crippen molar-refractivity contribution in [1.29, 1.82) is 0 Å². The quantitative estimate of drug-likeness (QED) is 0.135. The maximum Gasteiger partial charge on any atom is 0.135 e. The molecule has 0 bridgehead atoms. The Morgan fingerprint density at radius 3 is 1.85 bits per heavy atom. The van der Waals surface area contributed by atoms with Crippen molar-refractivity contribution < 1.29 is 28.5 Å². The Kier molecular flexibility index (Phi) is 10.2. The van der Waals surface area contributed by atoms with Crippen molar-refractivity contribution in [3.05, 3.63) is 211 Å². The molecule has 9 rings (SSSR count). The number of benzene rings is 6. The molecule has 0 saturated heterocycles. The van der Waals surface area contributed by atoms with E-state index >= 15 is 0 Å². The monoisotopic (exact) mass is 966 g/mol. The summed E-state index contributed by atoms with van der Waals surface area (Å²) < 4.78 is 27.1. The van der Waals surface area contributed by atoms with E-state index < -0.39 is 0 Å². The fraction of sp³-hybridized carbons (Fsp3) is 0.185. The molecule has 5 nitrogen and oxygen atoms in total. The molecule has 0 unspecified atom stereocenters. The predicted octanol–water partition coefficient (Wildman–Crippen LogP) is 13.4. The number of pyridine rings is 1. The molecular weight excluding hydrogens is 916 g/mol. The molecular formula is C54H49N4OPt-3. The third kappa shape index (κ3) is 7.68. The van der Waals surface area contributed by atoms with Crippen LogP contribution in [0.25, 0.3) is 27.6 Å². The number of aromatic nitrogens is 2. The zero-order chi connectivity index (χ0) is 42.7. The number of hydrogen-bond acceptors (Lipinski definition) is 4. The minimum absolute atomic E-state index is 0. The van der Waals surface area contributed by atoms with E-state index in [-0.39, 0.29) is 49.7 Å². The average Bonchev–Trinajstić information content (AvgIpc) is 3.76. The van der Waals surface area contributed by atoms with Crippen LogP contribution in [0.3, 0.4) is 0 Å². The number of fused-ring (bicyclic) bond motifs is 3. The van der Waals surface area contributed by atoms with Gasteiger partial charge in [0, 0.05) is 60.8 Å². The van der Waals surface area contributed by atoms with Gasteiger partial charge in [-0.1, -0.05) is 139 Å². The Balaban J connectivity index is 0.00000529. The molecule has 0 spiro atoms. The molecule has 1 aliphatic rings. The molecule has 0 atom stereocenters. The number of para-hydroxylation sites is 1. The maximum absolute atomic E-state index is 9.28. The summed E-state index contributed by atoms with van der Waals surface area (Å²) in [7, 11) is 0. The molecule has 0 radical (unpaired) electrons. The van der Waals surface area contributed by atoms with Gasteiger partial charge in [0.25, 0.3) is 0 Å². The van der Waals surface area contributed by atoms with Crippen molar-refractivity contribution >= 4 is 33.2 Å².